The van der Waals surface area contributed by atoms with Crippen LogP contribution in [0.25, 0.3) is 10.9 Å². The highest BCUT2D eigenvalue weighted by molar-refractivity contribution is 6.02. The standard InChI is InChI=1S/C25H30N4O4/c1-17(25(31)29-13-11-28(12-14-29)16-18-7-5-4-6-8-18)26-24(30)21-15-19-20(27-21)9-10-22(32-2)23(19)33-3/h4-10,15,17,27H,11-14,16H2,1-3H3,(H,26,30)/t17-/m0/s1. The number of aromatic amines is 1. The Balaban J connectivity index is 1.35. The molecule has 3 aromatic rings. The zero-order chi connectivity index (χ0) is 23.4. The molecule has 33 heavy (non-hydrogen) atoms. The van der Waals surface area contributed by atoms with Gasteiger partial charge in [0.1, 0.15) is 11.7 Å². The van der Waals surface area contributed by atoms with Gasteiger partial charge in [0.2, 0.25) is 5.91 Å². The van der Waals surface area contributed by atoms with Gasteiger partial charge < -0.3 is 24.7 Å². The lowest BCUT2D eigenvalue weighted by atomic mass is 10.2. The Morgan fingerprint density at radius 3 is 2.42 bits per heavy atom. The van der Waals surface area contributed by atoms with Gasteiger partial charge in [0.05, 0.1) is 19.7 Å². The van der Waals surface area contributed by atoms with Crippen LogP contribution in [0.1, 0.15) is 23.0 Å². The Kier molecular flexibility index (Phi) is 6.84. The molecule has 8 heteroatoms. The van der Waals surface area contributed by atoms with Crippen molar-refractivity contribution in [3.05, 3.63) is 59.8 Å². The molecule has 8 nitrogen and oxygen atoms in total. The number of ether oxygens (including phenoxy) is 2. The fraction of sp³-hybridized carbons (Fsp3) is 0.360. The fourth-order valence-electron chi connectivity index (χ4n) is 4.23. The largest absolute Gasteiger partial charge is 0.493 e. The first-order valence-corrected chi connectivity index (χ1v) is 11.1. The van der Waals surface area contributed by atoms with Gasteiger partial charge in [0.25, 0.3) is 5.91 Å². The minimum Gasteiger partial charge on any atom is -0.493 e. The maximum atomic E-state index is 12.9. The second-order valence-electron chi connectivity index (χ2n) is 8.23. The molecule has 1 aromatic heterocycles. The molecular formula is C25H30N4O4. The fourth-order valence-corrected chi connectivity index (χ4v) is 4.23. The van der Waals surface area contributed by atoms with Crippen LogP contribution in [0.3, 0.4) is 0 Å². The number of rotatable bonds is 7. The van der Waals surface area contributed by atoms with Crippen LogP contribution in [0.5, 0.6) is 11.5 Å². The first kappa shape index (κ1) is 22.7. The van der Waals surface area contributed by atoms with E-state index in [0.717, 1.165) is 30.5 Å². The molecule has 174 valence electrons. The molecule has 0 bridgehead atoms. The number of aromatic nitrogens is 1. The van der Waals surface area contributed by atoms with E-state index in [1.54, 1.807) is 33.3 Å². The minimum absolute atomic E-state index is 0.0712. The number of carbonyl (C=O) groups is 2. The zero-order valence-electron chi connectivity index (χ0n) is 19.3. The highest BCUT2D eigenvalue weighted by Gasteiger charge is 2.26. The van der Waals surface area contributed by atoms with E-state index in [4.69, 9.17) is 9.47 Å². The van der Waals surface area contributed by atoms with Crippen molar-refractivity contribution in [3.63, 3.8) is 0 Å². The highest BCUT2D eigenvalue weighted by atomic mass is 16.5. The summed E-state index contributed by atoms with van der Waals surface area (Å²) in [6, 6.07) is 15.0. The number of carbonyl (C=O) groups excluding carboxylic acids is 2. The number of hydrogen-bond acceptors (Lipinski definition) is 5. The number of fused-ring (bicyclic) bond motifs is 1. The summed E-state index contributed by atoms with van der Waals surface area (Å²) >= 11 is 0. The molecule has 2 amide bonds. The number of hydrogen-bond donors (Lipinski definition) is 2. The van der Waals surface area contributed by atoms with Crippen LogP contribution < -0.4 is 14.8 Å². The molecule has 1 atom stereocenters. The van der Waals surface area contributed by atoms with Crippen molar-refractivity contribution >= 4 is 22.7 Å². The third-order valence-electron chi connectivity index (χ3n) is 6.04. The van der Waals surface area contributed by atoms with Gasteiger partial charge in [0, 0.05) is 38.1 Å². The molecule has 1 fully saturated rings. The first-order valence-electron chi connectivity index (χ1n) is 11.1. The average molecular weight is 451 g/mol. The highest BCUT2D eigenvalue weighted by Crippen LogP contribution is 2.35. The van der Waals surface area contributed by atoms with E-state index >= 15 is 0 Å². The van der Waals surface area contributed by atoms with Crippen LogP contribution in [0.2, 0.25) is 0 Å². The number of amides is 2. The quantitative estimate of drug-likeness (QED) is 0.578. The Morgan fingerprint density at radius 2 is 1.76 bits per heavy atom. The van der Waals surface area contributed by atoms with Crippen molar-refractivity contribution in [2.24, 2.45) is 0 Å². The monoisotopic (exact) mass is 450 g/mol. The molecule has 0 spiro atoms. The summed E-state index contributed by atoms with van der Waals surface area (Å²) in [5.41, 5.74) is 2.39. The molecule has 4 rings (SSSR count). The van der Waals surface area contributed by atoms with Gasteiger partial charge in [-0.1, -0.05) is 30.3 Å². The van der Waals surface area contributed by atoms with E-state index in [2.05, 4.69) is 27.3 Å². The maximum Gasteiger partial charge on any atom is 0.268 e. The maximum absolute atomic E-state index is 12.9. The molecule has 0 saturated carbocycles. The van der Waals surface area contributed by atoms with E-state index in [0.29, 0.717) is 30.3 Å². The second-order valence-corrected chi connectivity index (χ2v) is 8.23. The van der Waals surface area contributed by atoms with Crippen molar-refractivity contribution in [1.82, 2.24) is 20.1 Å². The normalized spacial score (nSPS) is 15.3. The second kappa shape index (κ2) is 9.95. The minimum atomic E-state index is -0.624. The van der Waals surface area contributed by atoms with Crippen LogP contribution in [0.15, 0.2) is 48.5 Å². The van der Waals surface area contributed by atoms with Crippen molar-refractivity contribution in [1.29, 1.82) is 0 Å². The topological polar surface area (TPSA) is 86.9 Å². The number of piperazine rings is 1. The van der Waals surface area contributed by atoms with E-state index in [1.165, 1.54) is 5.56 Å². The third-order valence-corrected chi connectivity index (χ3v) is 6.04. The van der Waals surface area contributed by atoms with Crippen LogP contribution in [0.4, 0.5) is 0 Å². The molecule has 1 aliphatic heterocycles. The summed E-state index contributed by atoms with van der Waals surface area (Å²) < 4.78 is 10.8. The summed E-state index contributed by atoms with van der Waals surface area (Å²) in [5.74, 6) is 0.738. The summed E-state index contributed by atoms with van der Waals surface area (Å²) in [7, 11) is 3.13. The number of benzene rings is 2. The predicted octanol–water partition coefficient (Wildman–Crippen LogP) is 2.65. The third kappa shape index (κ3) is 4.96. The van der Waals surface area contributed by atoms with Gasteiger partial charge in [-0.3, -0.25) is 14.5 Å². The molecule has 2 heterocycles. The molecule has 2 N–H and O–H groups in total. The van der Waals surface area contributed by atoms with Crippen molar-refractivity contribution in [2.75, 3.05) is 40.4 Å². The van der Waals surface area contributed by atoms with Gasteiger partial charge in [-0.05, 0) is 30.7 Å². The van der Waals surface area contributed by atoms with Crippen LogP contribution in [0, 0.1) is 0 Å². The van der Waals surface area contributed by atoms with Crippen molar-refractivity contribution in [3.8, 4) is 11.5 Å². The van der Waals surface area contributed by atoms with Gasteiger partial charge >= 0.3 is 0 Å². The number of methoxy groups -OCH3 is 2. The van der Waals surface area contributed by atoms with Crippen LogP contribution in [-0.4, -0.2) is 73.0 Å². The van der Waals surface area contributed by atoms with E-state index in [-0.39, 0.29) is 11.8 Å². The van der Waals surface area contributed by atoms with Gasteiger partial charge in [-0.25, -0.2) is 0 Å². The van der Waals surface area contributed by atoms with Crippen LogP contribution in [-0.2, 0) is 11.3 Å². The molecule has 0 unspecified atom stereocenters. The average Bonchev–Trinajstić information content (AvgIpc) is 3.28. The predicted molar refractivity (Wildman–Crippen MR) is 127 cm³/mol. The summed E-state index contributed by atoms with van der Waals surface area (Å²) in [5, 5.41) is 3.57. The smallest absolute Gasteiger partial charge is 0.268 e. The van der Waals surface area contributed by atoms with E-state index < -0.39 is 6.04 Å². The summed E-state index contributed by atoms with van der Waals surface area (Å²) in [6.07, 6.45) is 0. The number of nitrogens with one attached hydrogen (secondary N) is 2. The summed E-state index contributed by atoms with van der Waals surface area (Å²) in [6.45, 7) is 5.52. The Hall–Kier alpha value is -3.52. The molecule has 2 aromatic carbocycles. The SMILES string of the molecule is COc1ccc2[nH]c(C(=O)N[C@@H](C)C(=O)N3CCN(Cc4ccccc4)CC3)cc2c1OC. The van der Waals surface area contributed by atoms with Crippen LogP contribution >= 0.6 is 0 Å². The Morgan fingerprint density at radius 1 is 1.03 bits per heavy atom. The van der Waals surface area contributed by atoms with Crippen molar-refractivity contribution in [2.45, 2.75) is 19.5 Å². The van der Waals surface area contributed by atoms with E-state index in [9.17, 15) is 9.59 Å². The number of H-pyrrole nitrogens is 1. The lowest BCUT2D eigenvalue weighted by molar-refractivity contribution is -0.134. The Bertz CT molecular complexity index is 1120. The Labute approximate surface area is 193 Å². The van der Waals surface area contributed by atoms with E-state index in [1.807, 2.05) is 29.2 Å². The molecule has 0 aliphatic carbocycles. The molecule has 0 radical (unpaired) electrons. The zero-order valence-corrected chi connectivity index (χ0v) is 19.3. The van der Waals surface area contributed by atoms with Gasteiger partial charge in [-0.15, -0.1) is 0 Å². The molecule has 1 saturated heterocycles. The van der Waals surface area contributed by atoms with Crippen molar-refractivity contribution < 1.29 is 19.1 Å². The summed E-state index contributed by atoms with van der Waals surface area (Å²) in [4.78, 5) is 33.0. The first-order chi connectivity index (χ1) is 16.0. The lowest BCUT2D eigenvalue weighted by Crippen LogP contribution is -2.53. The van der Waals surface area contributed by atoms with Gasteiger partial charge in [-0.2, -0.15) is 0 Å². The molecular weight excluding hydrogens is 420 g/mol. The number of nitrogens with zero attached hydrogens (tertiary/aromatic N) is 2. The lowest BCUT2D eigenvalue weighted by Gasteiger charge is -2.36. The molecule has 1 aliphatic rings. The van der Waals surface area contributed by atoms with Gasteiger partial charge in [0.15, 0.2) is 11.5 Å².